The molecule has 2 rings (SSSR count). The highest BCUT2D eigenvalue weighted by molar-refractivity contribution is 5.22. The molecule has 2 heteroatoms. The van der Waals surface area contributed by atoms with Gasteiger partial charge in [-0.2, -0.15) is 0 Å². The van der Waals surface area contributed by atoms with Gasteiger partial charge in [0.2, 0.25) is 0 Å². The maximum atomic E-state index is 14.0. The average molecular weight is 249 g/mol. The van der Waals surface area contributed by atoms with E-state index < -0.39 is 0 Å². The summed E-state index contributed by atoms with van der Waals surface area (Å²) in [4.78, 5) is 2.45. The summed E-state index contributed by atoms with van der Waals surface area (Å²) < 4.78 is 14.0. The predicted octanol–water partition coefficient (Wildman–Crippen LogP) is 4.40. The average Bonchev–Trinajstić information content (AvgIpc) is 2.79. The molecule has 0 saturated carbocycles. The molecule has 1 saturated heterocycles. The van der Waals surface area contributed by atoms with E-state index >= 15 is 0 Å². The van der Waals surface area contributed by atoms with Gasteiger partial charge in [0.15, 0.2) is 0 Å². The number of likely N-dealkylation sites (tertiary alicyclic amines) is 1. The number of nitrogens with zero attached hydrogens (tertiary/aromatic N) is 1. The van der Waals surface area contributed by atoms with Crippen LogP contribution < -0.4 is 0 Å². The molecule has 1 aliphatic rings. The van der Waals surface area contributed by atoms with E-state index in [0.717, 1.165) is 25.1 Å². The highest BCUT2D eigenvalue weighted by atomic mass is 19.1. The molecular weight excluding hydrogens is 225 g/mol. The van der Waals surface area contributed by atoms with Gasteiger partial charge >= 0.3 is 0 Å². The Hall–Kier alpha value is -0.890. The highest BCUT2D eigenvalue weighted by Crippen LogP contribution is 2.36. The van der Waals surface area contributed by atoms with Crippen LogP contribution >= 0.6 is 0 Å². The summed E-state index contributed by atoms with van der Waals surface area (Å²) >= 11 is 0. The number of rotatable bonds is 3. The first-order valence-electron chi connectivity index (χ1n) is 6.96. The molecule has 1 aromatic rings. The topological polar surface area (TPSA) is 3.24 Å². The molecule has 1 unspecified atom stereocenters. The molecule has 0 aromatic heterocycles. The van der Waals surface area contributed by atoms with Crippen molar-refractivity contribution >= 4 is 0 Å². The Kier molecular flexibility index (Phi) is 4.06. The van der Waals surface area contributed by atoms with Crippen molar-refractivity contribution in [2.24, 2.45) is 5.41 Å². The molecule has 1 aromatic carbocycles. The van der Waals surface area contributed by atoms with Crippen molar-refractivity contribution in [3.8, 4) is 0 Å². The molecule has 0 radical (unpaired) electrons. The lowest BCUT2D eigenvalue weighted by Crippen LogP contribution is -2.29. The van der Waals surface area contributed by atoms with Crippen LogP contribution in [0.15, 0.2) is 24.3 Å². The molecule has 1 nitrogen and oxygen atoms in total. The molecule has 1 aliphatic heterocycles. The van der Waals surface area contributed by atoms with Crippen LogP contribution in [0, 0.1) is 11.2 Å². The molecule has 0 bridgehead atoms. The largest absolute Gasteiger partial charge is 0.296 e. The minimum absolute atomic E-state index is 0.0568. The number of hydrogen-bond acceptors (Lipinski definition) is 1. The van der Waals surface area contributed by atoms with Crippen LogP contribution in [0.3, 0.4) is 0 Å². The highest BCUT2D eigenvalue weighted by Gasteiger charge is 2.29. The van der Waals surface area contributed by atoms with Gasteiger partial charge in [0.1, 0.15) is 5.82 Å². The lowest BCUT2D eigenvalue weighted by Gasteiger charge is -2.33. The summed E-state index contributed by atoms with van der Waals surface area (Å²) in [6, 6.07) is 7.49. The van der Waals surface area contributed by atoms with Crippen LogP contribution in [0.4, 0.5) is 4.39 Å². The monoisotopic (exact) mass is 249 g/mol. The quantitative estimate of drug-likeness (QED) is 0.767. The maximum Gasteiger partial charge on any atom is 0.127 e. The Labute approximate surface area is 110 Å². The number of halogens is 1. The first-order chi connectivity index (χ1) is 8.47. The van der Waals surface area contributed by atoms with E-state index in [1.807, 2.05) is 12.1 Å². The van der Waals surface area contributed by atoms with E-state index in [-0.39, 0.29) is 17.3 Å². The van der Waals surface area contributed by atoms with Crippen LogP contribution in [0.2, 0.25) is 0 Å². The van der Waals surface area contributed by atoms with Crippen molar-refractivity contribution in [1.82, 2.24) is 4.90 Å². The Balaban J connectivity index is 2.26. The lowest BCUT2D eigenvalue weighted by atomic mass is 9.84. The first kappa shape index (κ1) is 13.5. The zero-order valence-electron chi connectivity index (χ0n) is 11.7. The van der Waals surface area contributed by atoms with Gasteiger partial charge in [0.25, 0.3) is 0 Å². The molecular formula is C16H24FN. The minimum atomic E-state index is -0.0568. The van der Waals surface area contributed by atoms with Crippen LogP contribution in [-0.4, -0.2) is 18.0 Å². The third kappa shape index (κ3) is 3.32. The molecule has 1 atom stereocenters. The molecule has 18 heavy (non-hydrogen) atoms. The van der Waals surface area contributed by atoms with E-state index in [0.29, 0.717) is 0 Å². The molecule has 0 aliphatic carbocycles. The van der Waals surface area contributed by atoms with Gasteiger partial charge in [0, 0.05) is 11.6 Å². The molecule has 0 amide bonds. The van der Waals surface area contributed by atoms with E-state index in [4.69, 9.17) is 0 Å². The third-order valence-corrected chi connectivity index (χ3v) is 3.65. The fourth-order valence-electron chi connectivity index (χ4n) is 2.81. The maximum absolute atomic E-state index is 14.0. The van der Waals surface area contributed by atoms with E-state index in [9.17, 15) is 4.39 Å². The molecule has 1 fully saturated rings. The third-order valence-electron chi connectivity index (χ3n) is 3.65. The normalized spacial score (nSPS) is 19.1. The molecule has 0 spiro atoms. The van der Waals surface area contributed by atoms with E-state index in [1.54, 1.807) is 12.1 Å². The molecule has 1 heterocycles. The zero-order chi connectivity index (χ0) is 13.2. The van der Waals surface area contributed by atoms with Crippen LogP contribution in [-0.2, 0) is 0 Å². The van der Waals surface area contributed by atoms with Crippen LogP contribution in [0.5, 0.6) is 0 Å². The van der Waals surface area contributed by atoms with Crippen molar-refractivity contribution in [1.29, 1.82) is 0 Å². The second kappa shape index (κ2) is 5.40. The number of benzene rings is 1. The summed E-state index contributed by atoms with van der Waals surface area (Å²) in [7, 11) is 0. The summed E-state index contributed by atoms with van der Waals surface area (Å²) in [6.45, 7) is 8.91. The second-order valence-electron chi connectivity index (χ2n) is 6.55. The van der Waals surface area contributed by atoms with Gasteiger partial charge in [-0.15, -0.1) is 0 Å². The second-order valence-corrected chi connectivity index (χ2v) is 6.55. The molecule has 100 valence electrons. The van der Waals surface area contributed by atoms with Gasteiger partial charge in [-0.05, 0) is 43.8 Å². The predicted molar refractivity (Wildman–Crippen MR) is 74.0 cm³/mol. The van der Waals surface area contributed by atoms with Gasteiger partial charge in [-0.1, -0.05) is 39.0 Å². The summed E-state index contributed by atoms with van der Waals surface area (Å²) in [5.74, 6) is -0.0568. The van der Waals surface area contributed by atoms with Crippen LogP contribution in [0.25, 0.3) is 0 Å². The standard InChI is InChI=1S/C16H24FN/c1-16(2,3)12-15(18-10-6-7-11-18)13-8-4-5-9-14(13)17/h4-5,8-9,15H,6-7,10-12H2,1-3H3. The van der Waals surface area contributed by atoms with Crippen molar-refractivity contribution in [3.63, 3.8) is 0 Å². The van der Waals surface area contributed by atoms with Crippen molar-refractivity contribution in [3.05, 3.63) is 35.6 Å². The van der Waals surface area contributed by atoms with Crippen molar-refractivity contribution in [2.45, 2.75) is 46.1 Å². The molecule has 0 N–H and O–H groups in total. The Morgan fingerprint density at radius 3 is 2.33 bits per heavy atom. The summed E-state index contributed by atoms with van der Waals surface area (Å²) in [5.41, 5.74) is 1.09. The Morgan fingerprint density at radius 2 is 1.78 bits per heavy atom. The first-order valence-corrected chi connectivity index (χ1v) is 6.96. The van der Waals surface area contributed by atoms with Crippen molar-refractivity contribution < 1.29 is 4.39 Å². The van der Waals surface area contributed by atoms with Gasteiger partial charge in [-0.25, -0.2) is 4.39 Å². The van der Waals surface area contributed by atoms with Gasteiger partial charge < -0.3 is 0 Å². The zero-order valence-corrected chi connectivity index (χ0v) is 11.7. The SMILES string of the molecule is CC(C)(C)CC(c1ccccc1F)N1CCCC1. The van der Waals surface area contributed by atoms with Gasteiger partial charge in [-0.3, -0.25) is 4.90 Å². The number of hydrogen-bond donors (Lipinski definition) is 0. The smallest absolute Gasteiger partial charge is 0.127 e. The fraction of sp³-hybridized carbons (Fsp3) is 0.625. The van der Waals surface area contributed by atoms with E-state index in [1.165, 1.54) is 12.8 Å². The van der Waals surface area contributed by atoms with E-state index in [2.05, 4.69) is 25.7 Å². The fourth-order valence-corrected chi connectivity index (χ4v) is 2.81. The lowest BCUT2D eigenvalue weighted by molar-refractivity contribution is 0.176. The Bertz CT molecular complexity index is 388. The summed E-state index contributed by atoms with van der Waals surface area (Å²) in [6.07, 6.45) is 3.50. The van der Waals surface area contributed by atoms with Crippen LogP contribution in [0.1, 0.15) is 51.6 Å². The Morgan fingerprint density at radius 1 is 1.17 bits per heavy atom. The van der Waals surface area contributed by atoms with Gasteiger partial charge in [0.05, 0.1) is 0 Å². The minimum Gasteiger partial charge on any atom is -0.296 e. The van der Waals surface area contributed by atoms with Crippen molar-refractivity contribution in [2.75, 3.05) is 13.1 Å². The summed E-state index contributed by atoms with van der Waals surface area (Å²) in [5, 5.41) is 0.